The fourth-order valence-electron chi connectivity index (χ4n) is 2.43. The Morgan fingerprint density at radius 1 is 1.06 bits per heavy atom. The van der Waals surface area contributed by atoms with E-state index >= 15 is 0 Å². The summed E-state index contributed by atoms with van der Waals surface area (Å²) in [6.45, 7) is 5.73. The molecule has 0 saturated carbocycles. The van der Waals surface area contributed by atoms with E-state index in [1.165, 1.54) is 17.1 Å². The van der Waals surface area contributed by atoms with E-state index < -0.39 is 29.6 Å². The van der Waals surface area contributed by atoms with Crippen LogP contribution < -0.4 is 21.1 Å². The van der Waals surface area contributed by atoms with Gasteiger partial charge in [-0.2, -0.15) is 0 Å². The van der Waals surface area contributed by atoms with E-state index in [0.29, 0.717) is 22.8 Å². The molecular weight excluding hydrogens is 410 g/mol. The zero-order valence-corrected chi connectivity index (χ0v) is 17.5. The van der Waals surface area contributed by atoms with Crippen LogP contribution in [0.25, 0.3) is 0 Å². The first-order chi connectivity index (χ1) is 14.6. The number of imide groups is 1. The topological polar surface area (TPSA) is 146 Å². The normalized spacial score (nSPS) is 13.6. The van der Waals surface area contributed by atoms with E-state index in [1.807, 2.05) is 0 Å². The zero-order chi connectivity index (χ0) is 23.0. The largest absolute Gasteiger partial charge is 0.444 e. The molecule has 1 aliphatic rings. The van der Waals surface area contributed by atoms with Crippen molar-refractivity contribution >= 4 is 41.8 Å². The SMILES string of the molecule is CC(C)(C)OC(=O)NCCNN(C=O)c1ccc(NC(=O)ON2C(=O)CCC2=O)cc1. The molecule has 0 spiro atoms. The average Bonchev–Trinajstić information content (AvgIpc) is 2.99. The van der Waals surface area contributed by atoms with Crippen molar-refractivity contribution in [3.63, 3.8) is 0 Å². The number of anilines is 2. The van der Waals surface area contributed by atoms with Crippen LogP contribution in [0.2, 0.25) is 0 Å². The van der Waals surface area contributed by atoms with Gasteiger partial charge in [0.25, 0.3) is 11.8 Å². The third-order valence-corrected chi connectivity index (χ3v) is 3.75. The molecule has 0 atom stereocenters. The van der Waals surface area contributed by atoms with Gasteiger partial charge in [-0.05, 0) is 45.0 Å². The second-order valence-electron chi connectivity index (χ2n) is 7.44. The predicted molar refractivity (Wildman–Crippen MR) is 108 cm³/mol. The molecule has 31 heavy (non-hydrogen) atoms. The highest BCUT2D eigenvalue weighted by molar-refractivity contribution is 6.02. The van der Waals surface area contributed by atoms with E-state index in [2.05, 4.69) is 16.1 Å². The number of carbonyl (C=O) groups is 5. The number of alkyl carbamates (subject to hydrolysis) is 1. The van der Waals surface area contributed by atoms with Gasteiger partial charge in [0.2, 0.25) is 6.41 Å². The van der Waals surface area contributed by atoms with Crippen LogP contribution in [0.15, 0.2) is 24.3 Å². The summed E-state index contributed by atoms with van der Waals surface area (Å²) in [5, 5.41) is 6.57. The van der Waals surface area contributed by atoms with Crippen LogP contribution in [0.5, 0.6) is 0 Å². The van der Waals surface area contributed by atoms with Crippen molar-refractivity contribution in [3.8, 4) is 0 Å². The second-order valence-corrected chi connectivity index (χ2v) is 7.44. The number of nitrogens with one attached hydrogen (secondary N) is 3. The van der Waals surface area contributed by atoms with Gasteiger partial charge in [0.05, 0.1) is 5.69 Å². The Morgan fingerprint density at radius 3 is 2.23 bits per heavy atom. The molecule has 0 bridgehead atoms. The van der Waals surface area contributed by atoms with Crippen molar-refractivity contribution in [3.05, 3.63) is 24.3 Å². The Hall–Kier alpha value is -3.67. The average molecular weight is 435 g/mol. The molecule has 1 aliphatic heterocycles. The maximum absolute atomic E-state index is 11.8. The molecule has 0 aromatic heterocycles. The van der Waals surface area contributed by atoms with Crippen LogP contribution in [0.1, 0.15) is 33.6 Å². The quantitative estimate of drug-likeness (QED) is 0.240. The van der Waals surface area contributed by atoms with Gasteiger partial charge in [0.15, 0.2) is 0 Å². The van der Waals surface area contributed by atoms with Gasteiger partial charge < -0.3 is 14.9 Å². The van der Waals surface area contributed by atoms with E-state index in [-0.39, 0.29) is 25.9 Å². The predicted octanol–water partition coefficient (Wildman–Crippen LogP) is 1.29. The molecule has 168 valence electrons. The van der Waals surface area contributed by atoms with Gasteiger partial charge in [0, 0.05) is 31.6 Å². The monoisotopic (exact) mass is 435 g/mol. The van der Waals surface area contributed by atoms with Crippen LogP contribution in [0, 0.1) is 0 Å². The lowest BCUT2D eigenvalue weighted by atomic mass is 10.2. The van der Waals surface area contributed by atoms with Gasteiger partial charge in [-0.15, -0.1) is 5.06 Å². The third-order valence-electron chi connectivity index (χ3n) is 3.75. The molecule has 3 N–H and O–H groups in total. The first-order valence-electron chi connectivity index (χ1n) is 9.49. The van der Waals surface area contributed by atoms with Crippen LogP contribution in [0.3, 0.4) is 0 Å². The molecule has 12 nitrogen and oxygen atoms in total. The molecule has 1 aromatic carbocycles. The maximum Gasteiger partial charge on any atom is 0.436 e. The van der Waals surface area contributed by atoms with E-state index in [1.54, 1.807) is 32.9 Å². The summed E-state index contributed by atoms with van der Waals surface area (Å²) in [5.41, 5.74) is 3.01. The van der Waals surface area contributed by atoms with Gasteiger partial charge in [-0.3, -0.25) is 19.7 Å². The fourth-order valence-corrected chi connectivity index (χ4v) is 2.43. The Balaban J connectivity index is 1.80. The number of rotatable bonds is 8. The van der Waals surface area contributed by atoms with Gasteiger partial charge in [-0.25, -0.2) is 20.0 Å². The number of hydrogen-bond donors (Lipinski definition) is 3. The van der Waals surface area contributed by atoms with Crippen molar-refractivity contribution in [1.29, 1.82) is 0 Å². The first kappa shape index (κ1) is 23.6. The number of hydroxylamine groups is 2. The molecule has 1 saturated heterocycles. The fraction of sp³-hybridized carbons (Fsp3) is 0.421. The molecule has 12 heteroatoms. The third kappa shape index (κ3) is 7.59. The van der Waals surface area contributed by atoms with E-state index in [4.69, 9.17) is 9.57 Å². The Kier molecular flexibility index (Phi) is 7.91. The smallest absolute Gasteiger partial charge is 0.436 e. The van der Waals surface area contributed by atoms with Gasteiger partial charge in [0.1, 0.15) is 5.60 Å². The second kappa shape index (κ2) is 10.4. The molecule has 1 fully saturated rings. The van der Waals surface area contributed by atoms with Crippen LogP contribution in [0.4, 0.5) is 21.0 Å². The summed E-state index contributed by atoms with van der Waals surface area (Å²) in [5.74, 6) is -1.16. The maximum atomic E-state index is 11.8. The summed E-state index contributed by atoms with van der Waals surface area (Å²) in [6, 6.07) is 6.09. The number of hydrogen-bond acceptors (Lipinski definition) is 8. The Morgan fingerprint density at radius 2 is 1.68 bits per heavy atom. The van der Waals surface area contributed by atoms with Crippen molar-refractivity contribution in [1.82, 2.24) is 15.8 Å². The molecule has 0 aliphatic carbocycles. The molecular formula is C19H25N5O7. The minimum absolute atomic E-state index is 0.00261. The van der Waals surface area contributed by atoms with E-state index in [9.17, 15) is 24.0 Å². The lowest BCUT2D eigenvalue weighted by molar-refractivity contribution is -0.170. The lowest BCUT2D eigenvalue weighted by Crippen LogP contribution is -2.43. The van der Waals surface area contributed by atoms with Crippen molar-refractivity contribution in [2.45, 2.75) is 39.2 Å². The van der Waals surface area contributed by atoms with Gasteiger partial charge >= 0.3 is 12.2 Å². The minimum Gasteiger partial charge on any atom is -0.444 e. The molecule has 1 aromatic rings. The number of benzene rings is 1. The van der Waals surface area contributed by atoms with Crippen molar-refractivity contribution < 1.29 is 33.5 Å². The Bertz CT molecular complexity index is 819. The molecule has 0 unspecified atom stereocenters. The van der Waals surface area contributed by atoms with Crippen molar-refractivity contribution in [2.24, 2.45) is 0 Å². The van der Waals surface area contributed by atoms with E-state index in [0.717, 1.165) is 0 Å². The summed E-state index contributed by atoms with van der Waals surface area (Å²) < 4.78 is 5.11. The molecule has 5 amide bonds. The lowest BCUT2D eigenvalue weighted by Gasteiger charge is -2.21. The highest BCUT2D eigenvalue weighted by atomic mass is 16.7. The molecule has 2 rings (SSSR count). The zero-order valence-electron chi connectivity index (χ0n) is 17.5. The standard InChI is InChI=1S/C19H25N5O7/c1-19(2,3)30-17(28)20-10-11-21-23(12-25)14-6-4-13(5-7-14)22-18(29)31-24-15(26)8-9-16(24)27/h4-7,12,21H,8-11H2,1-3H3,(H,20,28)(H,22,29). The number of ether oxygens (including phenoxy) is 1. The van der Waals surface area contributed by atoms with Crippen LogP contribution in [-0.4, -0.2) is 54.2 Å². The number of amides is 5. The summed E-state index contributed by atoms with van der Waals surface area (Å²) >= 11 is 0. The molecule has 1 heterocycles. The molecule has 0 radical (unpaired) electrons. The summed E-state index contributed by atoms with van der Waals surface area (Å²) in [4.78, 5) is 62.4. The summed E-state index contributed by atoms with van der Waals surface area (Å²) in [6.07, 6.45) is -0.999. The number of nitrogens with zero attached hydrogens (tertiary/aromatic N) is 2. The first-order valence-corrected chi connectivity index (χ1v) is 9.49. The van der Waals surface area contributed by atoms with Crippen LogP contribution in [-0.2, 0) is 24.0 Å². The highest BCUT2D eigenvalue weighted by Gasteiger charge is 2.32. The summed E-state index contributed by atoms with van der Waals surface area (Å²) in [7, 11) is 0. The number of hydrazine groups is 1. The number of carbonyl (C=O) groups excluding carboxylic acids is 5. The van der Waals surface area contributed by atoms with Crippen LogP contribution >= 0.6 is 0 Å². The van der Waals surface area contributed by atoms with Gasteiger partial charge in [-0.1, -0.05) is 0 Å². The van der Waals surface area contributed by atoms with Crippen molar-refractivity contribution in [2.75, 3.05) is 23.4 Å². The minimum atomic E-state index is -0.991. The highest BCUT2D eigenvalue weighted by Crippen LogP contribution is 2.17. The Labute approximate surface area is 178 Å².